The van der Waals surface area contributed by atoms with Gasteiger partial charge in [-0.2, -0.15) is 4.99 Å². The Bertz CT molecular complexity index is 434. The summed E-state index contributed by atoms with van der Waals surface area (Å²) in [6, 6.07) is 0.0368. The Morgan fingerprint density at radius 3 is 2.48 bits per heavy atom. The first kappa shape index (κ1) is 17.8. The average Bonchev–Trinajstić information content (AvgIpc) is 2.33. The molecular weight excluding hydrogens is 264 g/mol. The number of nitrogens with zero attached hydrogens (tertiary/aromatic N) is 2. The lowest BCUT2D eigenvalue weighted by atomic mass is 9.63. The van der Waals surface area contributed by atoms with E-state index in [0.29, 0.717) is 5.92 Å². The van der Waals surface area contributed by atoms with Crippen molar-refractivity contribution in [2.24, 2.45) is 21.3 Å². The van der Waals surface area contributed by atoms with Crippen molar-refractivity contribution in [3.8, 4) is 0 Å². The first-order valence-corrected chi connectivity index (χ1v) is 7.98. The smallest absolute Gasteiger partial charge is 0.211 e. The van der Waals surface area contributed by atoms with E-state index in [4.69, 9.17) is 0 Å². The predicted molar refractivity (Wildman–Crippen MR) is 83.7 cm³/mol. The van der Waals surface area contributed by atoms with Gasteiger partial charge in [0.25, 0.3) is 0 Å². The zero-order chi connectivity index (χ0) is 15.9. The second kappa shape index (κ2) is 7.68. The summed E-state index contributed by atoms with van der Waals surface area (Å²) in [4.78, 5) is 29.0. The number of hydrogen-bond acceptors (Lipinski definition) is 4. The highest BCUT2D eigenvalue weighted by molar-refractivity contribution is 5.35. The van der Waals surface area contributed by atoms with Gasteiger partial charge in [-0.1, -0.05) is 33.6 Å². The van der Waals surface area contributed by atoms with Crippen molar-refractivity contribution in [2.75, 3.05) is 0 Å². The molecule has 0 aliphatic heterocycles. The zero-order valence-corrected chi connectivity index (χ0v) is 13.8. The molecule has 21 heavy (non-hydrogen) atoms. The van der Waals surface area contributed by atoms with Crippen LogP contribution in [0.3, 0.4) is 0 Å². The summed E-state index contributed by atoms with van der Waals surface area (Å²) in [5, 5.41) is 0. The Kier molecular flexibility index (Phi) is 6.51. The monoisotopic (exact) mass is 292 g/mol. The van der Waals surface area contributed by atoms with Gasteiger partial charge < -0.3 is 0 Å². The van der Waals surface area contributed by atoms with Crippen molar-refractivity contribution < 1.29 is 9.59 Å². The van der Waals surface area contributed by atoms with Crippen molar-refractivity contribution in [3.63, 3.8) is 0 Å². The lowest BCUT2D eigenvalue weighted by Gasteiger charge is -2.44. The first-order chi connectivity index (χ1) is 9.82. The molecule has 1 rings (SSSR count). The molecule has 3 unspecified atom stereocenters. The maximum absolute atomic E-state index is 10.9. The number of rotatable bonds is 7. The van der Waals surface area contributed by atoms with Crippen molar-refractivity contribution in [1.82, 2.24) is 0 Å². The van der Waals surface area contributed by atoms with Crippen LogP contribution in [0.4, 0.5) is 0 Å². The highest BCUT2D eigenvalue weighted by Gasteiger charge is 2.42. The van der Waals surface area contributed by atoms with Gasteiger partial charge in [0.05, 0.1) is 11.6 Å². The minimum absolute atomic E-state index is 0.0368. The van der Waals surface area contributed by atoms with Gasteiger partial charge in [-0.3, -0.25) is 0 Å². The summed E-state index contributed by atoms with van der Waals surface area (Å²) in [5.41, 5.74) is -0.00674. The lowest BCUT2D eigenvalue weighted by Crippen LogP contribution is -2.40. The Hall–Kier alpha value is -1.24. The molecule has 0 amide bonds. The van der Waals surface area contributed by atoms with Gasteiger partial charge >= 0.3 is 0 Å². The van der Waals surface area contributed by atoms with Gasteiger partial charge in [0.2, 0.25) is 12.2 Å². The van der Waals surface area contributed by atoms with Crippen LogP contribution >= 0.6 is 0 Å². The number of carbonyl (C=O) groups excluding carboxylic acids is 2. The summed E-state index contributed by atoms with van der Waals surface area (Å²) in [7, 11) is 0. The van der Waals surface area contributed by atoms with Crippen molar-refractivity contribution in [1.29, 1.82) is 0 Å². The van der Waals surface area contributed by atoms with E-state index in [-0.39, 0.29) is 17.0 Å². The molecule has 3 atom stereocenters. The fraction of sp³-hybridized carbons (Fsp3) is 0.882. The molecule has 118 valence electrons. The van der Waals surface area contributed by atoms with E-state index in [1.807, 2.05) is 13.0 Å². The third-order valence-corrected chi connectivity index (χ3v) is 4.51. The van der Waals surface area contributed by atoms with E-state index < -0.39 is 0 Å². The molecule has 0 spiro atoms. The molecule has 0 radical (unpaired) electrons. The van der Waals surface area contributed by atoms with Crippen molar-refractivity contribution >= 4 is 12.2 Å². The molecule has 1 fully saturated rings. The van der Waals surface area contributed by atoms with E-state index >= 15 is 0 Å². The van der Waals surface area contributed by atoms with Crippen LogP contribution in [0.25, 0.3) is 0 Å². The van der Waals surface area contributed by atoms with E-state index in [2.05, 4.69) is 30.8 Å². The van der Waals surface area contributed by atoms with Gasteiger partial charge in [0.1, 0.15) is 0 Å². The summed E-state index contributed by atoms with van der Waals surface area (Å²) in [6.07, 6.45) is 10.4. The third-order valence-electron chi connectivity index (χ3n) is 4.51. The molecule has 0 aromatic carbocycles. The number of isocyanates is 2. The molecular formula is C17H28N2O2. The van der Waals surface area contributed by atoms with Gasteiger partial charge in [-0.05, 0) is 50.4 Å². The van der Waals surface area contributed by atoms with Gasteiger partial charge in [-0.25, -0.2) is 14.6 Å². The third kappa shape index (κ3) is 5.95. The SMILES string of the molecule is CC1CC(C)(C)CC(CCCCC(C)N=C=O)(N=C=O)C1. The Labute approximate surface area is 128 Å². The molecule has 0 aromatic heterocycles. The van der Waals surface area contributed by atoms with Gasteiger partial charge in [0.15, 0.2) is 0 Å². The normalized spacial score (nSPS) is 29.0. The highest BCUT2D eigenvalue weighted by atomic mass is 16.1. The van der Waals surface area contributed by atoms with E-state index in [0.717, 1.165) is 38.5 Å². The maximum atomic E-state index is 10.9. The largest absolute Gasteiger partial charge is 0.235 e. The molecule has 0 N–H and O–H groups in total. The van der Waals surface area contributed by atoms with Crippen LogP contribution in [0.5, 0.6) is 0 Å². The van der Waals surface area contributed by atoms with Crippen LogP contribution in [0.1, 0.15) is 72.6 Å². The standard InChI is InChI=1S/C17H28N2O2/c1-14-9-16(3,4)11-17(10-14,19-13-21)8-6-5-7-15(2)18-12-20/h14-15H,5-11H2,1-4H3. The number of unbranched alkanes of at least 4 members (excludes halogenated alkanes) is 1. The molecule has 1 saturated carbocycles. The topological polar surface area (TPSA) is 58.9 Å². The first-order valence-electron chi connectivity index (χ1n) is 7.98. The minimum Gasteiger partial charge on any atom is -0.211 e. The quantitative estimate of drug-likeness (QED) is 0.401. The molecule has 0 aromatic rings. The molecule has 0 saturated heterocycles. The van der Waals surface area contributed by atoms with Crippen molar-refractivity contribution in [3.05, 3.63) is 0 Å². The van der Waals surface area contributed by atoms with Gasteiger partial charge in [-0.15, -0.1) is 0 Å². The van der Waals surface area contributed by atoms with Gasteiger partial charge in [0, 0.05) is 0 Å². The van der Waals surface area contributed by atoms with Crippen LogP contribution in [0.2, 0.25) is 0 Å². The van der Waals surface area contributed by atoms with Crippen LogP contribution in [-0.2, 0) is 9.59 Å². The second-order valence-electron chi connectivity index (χ2n) is 7.60. The van der Waals surface area contributed by atoms with E-state index in [9.17, 15) is 9.59 Å². The molecule has 4 heteroatoms. The fourth-order valence-electron chi connectivity index (χ4n) is 4.18. The maximum Gasteiger partial charge on any atom is 0.235 e. The second-order valence-corrected chi connectivity index (χ2v) is 7.60. The lowest BCUT2D eigenvalue weighted by molar-refractivity contribution is 0.101. The van der Waals surface area contributed by atoms with Crippen LogP contribution in [0, 0.1) is 11.3 Å². The Morgan fingerprint density at radius 1 is 1.19 bits per heavy atom. The fourth-order valence-corrected chi connectivity index (χ4v) is 4.18. The summed E-state index contributed by atoms with van der Waals surface area (Å²) in [6.45, 7) is 8.70. The Morgan fingerprint density at radius 2 is 1.90 bits per heavy atom. The van der Waals surface area contributed by atoms with E-state index in [1.165, 1.54) is 6.42 Å². The molecule has 0 bridgehead atoms. The Balaban J connectivity index is 2.61. The zero-order valence-electron chi connectivity index (χ0n) is 13.8. The van der Waals surface area contributed by atoms with Crippen LogP contribution in [0.15, 0.2) is 9.98 Å². The molecule has 4 nitrogen and oxygen atoms in total. The predicted octanol–water partition coefficient (Wildman–Crippen LogP) is 4.19. The molecule has 0 heterocycles. The van der Waals surface area contributed by atoms with Crippen LogP contribution < -0.4 is 0 Å². The number of aliphatic imine (C=N–C) groups is 2. The van der Waals surface area contributed by atoms with Crippen LogP contribution in [-0.4, -0.2) is 23.7 Å². The molecule has 1 aliphatic rings. The summed E-state index contributed by atoms with van der Waals surface area (Å²) < 4.78 is 0. The van der Waals surface area contributed by atoms with E-state index in [1.54, 1.807) is 6.08 Å². The molecule has 1 aliphatic carbocycles. The highest BCUT2D eigenvalue weighted by Crippen LogP contribution is 2.47. The summed E-state index contributed by atoms with van der Waals surface area (Å²) >= 11 is 0. The number of hydrogen-bond donors (Lipinski definition) is 0. The minimum atomic E-state index is -0.236. The van der Waals surface area contributed by atoms with Crippen molar-refractivity contribution in [2.45, 2.75) is 84.2 Å². The average molecular weight is 292 g/mol. The summed E-state index contributed by atoms with van der Waals surface area (Å²) in [5.74, 6) is 0.587.